The van der Waals surface area contributed by atoms with Gasteiger partial charge < -0.3 is 4.18 Å². The van der Waals surface area contributed by atoms with E-state index in [9.17, 15) is 0 Å². The second kappa shape index (κ2) is 3.81. The topological polar surface area (TPSA) is 9.23 Å². The maximum Gasteiger partial charge on any atom is 0.0508 e. The summed E-state index contributed by atoms with van der Waals surface area (Å²) in [5.41, 5.74) is 0. The highest BCUT2D eigenvalue weighted by Crippen LogP contribution is 2.23. The Morgan fingerprint density at radius 2 is 1.77 bits per heavy atom. The van der Waals surface area contributed by atoms with E-state index in [1.165, 1.54) is 22.8 Å². The van der Waals surface area contributed by atoms with E-state index in [2.05, 4.69) is 30.3 Å². The van der Waals surface area contributed by atoms with E-state index >= 15 is 0 Å². The van der Waals surface area contributed by atoms with Crippen LogP contribution in [0.3, 0.4) is 0 Å². The molecule has 0 aliphatic carbocycles. The first-order chi connectivity index (χ1) is 6.40. The van der Waals surface area contributed by atoms with Crippen molar-refractivity contribution in [1.29, 1.82) is 0 Å². The Morgan fingerprint density at radius 1 is 1.00 bits per heavy atom. The number of fused-ring (bicyclic) bond motifs is 1. The van der Waals surface area contributed by atoms with Gasteiger partial charge in [-0.25, -0.2) is 0 Å². The van der Waals surface area contributed by atoms with E-state index < -0.39 is 0 Å². The van der Waals surface area contributed by atoms with Crippen LogP contribution in [0.25, 0.3) is 10.8 Å². The van der Waals surface area contributed by atoms with Crippen molar-refractivity contribution in [1.82, 2.24) is 0 Å². The molecule has 0 heterocycles. The molecule has 0 saturated carbocycles. The number of hydrogen-bond acceptors (Lipinski definition) is 2. The third kappa shape index (κ3) is 1.85. The van der Waals surface area contributed by atoms with Gasteiger partial charge in [0.15, 0.2) is 0 Å². The fraction of sp³-hybridized carbons (Fsp3) is 0.0909. The van der Waals surface area contributed by atoms with Gasteiger partial charge in [-0.15, -0.1) is 0 Å². The Balaban J connectivity index is 2.49. The summed E-state index contributed by atoms with van der Waals surface area (Å²) >= 11 is 1.39. The van der Waals surface area contributed by atoms with Gasteiger partial charge in [-0.1, -0.05) is 30.3 Å². The van der Waals surface area contributed by atoms with E-state index in [0.29, 0.717) is 0 Å². The molecule has 2 heteroatoms. The van der Waals surface area contributed by atoms with Crippen molar-refractivity contribution in [2.45, 2.75) is 4.90 Å². The summed E-state index contributed by atoms with van der Waals surface area (Å²) in [4.78, 5) is 1.14. The predicted molar refractivity (Wildman–Crippen MR) is 56.8 cm³/mol. The third-order valence-electron chi connectivity index (χ3n) is 1.90. The maximum atomic E-state index is 4.99. The Labute approximate surface area is 81.9 Å². The molecule has 0 fully saturated rings. The van der Waals surface area contributed by atoms with Gasteiger partial charge >= 0.3 is 0 Å². The zero-order valence-corrected chi connectivity index (χ0v) is 8.17. The van der Waals surface area contributed by atoms with Gasteiger partial charge in [0.25, 0.3) is 0 Å². The monoisotopic (exact) mass is 190 g/mol. The maximum absolute atomic E-state index is 4.99. The zero-order chi connectivity index (χ0) is 9.10. The first kappa shape index (κ1) is 8.60. The van der Waals surface area contributed by atoms with Gasteiger partial charge in [0.1, 0.15) is 0 Å². The van der Waals surface area contributed by atoms with Crippen LogP contribution in [0.1, 0.15) is 0 Å². The van der Waals surface area contributed by atoms with Crippen molar-refractivity contribution in [3.63, 3.8) is 0 Å². The zero-order valence-electron chi connectivity index (χ0n) is 7.36. The van der Waals surface area contributed by atoms with Crippen molar-refractivity contribution in [2.24, 2.45) is 0 Å². The third-order valence-corrected chi connectivity index (χ3v) is 2.51. The van der Waals surface area contributed by atoms with Gasteiger partial charge in [0.05, 0.1) is 7.11 Å². The summed E-state index contributed by atoms with van der Waals surface area (Å²) in [6, 6.07) is 14.6. The minimum atomic E-state index is 1.14. The average Bonchev–Trinajstić information content (AvgIpc) is 2.18. The second-order valence-electron chi connectivity index (χ2n) is 2.76. The van der Waals surface area contributed by atoms with Crippen molar-refractivity contribution >= 4 is 22.8 Å². The molecule has 0 radical (unpaired) electrons. The van der Waals surface area contributed by atoms with Crippen molar-refractivity contribution in [3.05, 3.63) is 42.5 Å². The van der Waals surface area contributed by atoms with E-state index in [-0.39, 0.29) is 0 Å². The Morgan fingerprint density at radius 3 is 2.54 bits per heavy atom. The Hall–Kier alpha value is -0.990. The molecule has 0 aliphatic heterocycles. The highest BCUT2D eigenvalue weighted by Gasteiger charge is 1.95. The van der Waals surface area contributed by atoms with Crippen LogP contribution in [0.2, 0.25) is 0 Å². The highest BCUT2D eigenvalue weighted by molar-refractivity contribution is 7.94. The molecular weight excluding hydrogens is 180 g/mol. The molecule has 2 aromatic rings. The lowest BCUT2D eigenvalue weighted by atomic mass is 10.1. The molecule has 0 bridgehead atoms. The largest absolute Gasteiger partial charge is 0.314 e. The summed E-state index contributed by atoms with van der Waals surface area (Å²) in [5.74, 6) is 0. The molecule has 66 valence electrons. The molecule has 13 heavy (non-hydrogen) atoms. The van der Waals surface area contributed by atoms with E-state index in [4.69, 9.17) is 4.18 Å². The van der Waals surface area contributed by atoms with Gasteiger partial charge in [-0.3, -0.25) is 0 Å². The first-order valence-corrected chi connectivity index (χ1v) is 4.84. The summed E-state index contributed by atoms with van der Waals surface area (Å²) in [6.45, 7) is 0. The van der Waals surface area contributed by atoms with Gasteiger partial charge in [0.2, 0.25) is 0 Å². The van der Waals surface area contributed by atoms with E-state index in [0.717, 1.165) is 4.90 Å². The van der Waals surface area contributed by atoms with Crippen LogP contribution in [-0.4, -0.2) is 7.11 Å². The van der Waals surface area contributed by atoms with Gasteiger partial charge in [0, 0.05) is 16.9 Å². The molecule has 0 unspecified atom stereocenters. The van der Waals surface area contributed by atoms with Crippen molar-refractivity contribution < 1.29 is 4.18 Å². The molecular formula is C11H10OS. The fourth-order valence-corrected chi connectivity index (χ4v) is 1.81. The molecule has 0 N–H and O–H groups in total. The second-order valence-corrected chi connectivity index (χ2v) is 3.73. The van der Waals surface area contributed by atoms with Crippen LogP contribution in [-0.2, 0) is 4.18 Å². The molecule has 0 saturated heterocycles. The molecule has 0 spiro atoms. The summed E-state index contributed by atoms with van der Waals surface area (Å²) < 4.78 is 4.99. The van der Waals surface area contributed by atoms with Crippen LogP contribution in [0.15, 0.2) is 47.4 Å². The lowest BCUT2D eigenvalue weighted by Gasteiger charge is -2.00. The van der Waals surface area contributed by atoms with Crippen LogP contribution in [0.4, 0.5) is 0 Å². The molecule has 0 aliphatic rings. The average molecular weight is 190 g/mol. The Kier molecular flexibility index (Phi) is 2.52. The molecule has 0 amide bonds. The minimum Gasteiger partial charge on any atom is -0.314 e. The summed E-state index contributed by atoms with van der Waals surface area (Å²) in [5, 5.41) is 2.52. The van der Waals surface area contributed by atoms with Crippen molar-refractivity contribution in [2.75, 3.05) is 7.11 Å². The summed E-state index contributed by atoms with van der Waals surface area (Å²) in [7, 11) is 1.68. The van der Waals surface area contributed by atoms with Crippen LogP contribution in [0, 0.1) is 0 Å². The summed E-state index contributed by atoms with van der Waals surface area (Å²) in [6.07, 6.45) is 0. The molecule has 0 aromatic heterocycles. The minimum absolute atomic E-state index is 1.14. The van der Waals surface area contributed by atoms with Gasteiger partial charge in [-0.2, -0.15) is 0 Å². The van der Waals surface area contributed by atoms with Crippen LogP contribution >= 0.6 is 12.0 Å². The van der Waals surface area contributed by atoms with Crippen LogP contribution in [0.5, 0.6) is 0 Å². The molecule has 2 rings (SSSR count). The standard InChI is InChI=1S/C11H10OS/c1-12-13-11-7-6-9-4-2-3-5-10(9)8-11/h2-8H,1H3. The predicted octanol–water partition coefficient (Wildman–Crippen LogP) is 3.49. The number of hydrogen-bond donors (Lipinski definition) is 0. The van der Waals surface area contributed by atoms with Crippen molar-refractivity contribution in [3.8, 4) is 0 Å². The van der Waals surface area contributed by atoms with E-state index in [1.807, 2.05) is 12.1 Å². The van der Waals surface area contributed by atoms with Crippen LogP contribution < -0.4 is 0 Å². The Bertz CT molecular complexity index is 412. The lowest BCUT2D eigenvalue weighted by molar-refractivity contribution is 0.490. The molecule has 0 atom stereocenters. The molecule has 1 nitrogen and oxygen atoms in total. The smallest absolute Gasteiger partial charge is 0.0508 e. The quantitative estimate of drug-likeness (QED) is 0.670. The highest BCUT2D eigenvalue weighted by atomic mass is 32.2. The number of benzene rings is 2. The lowest BCUT2D eigenvalue weighted by Crippen LogP contribution is -1.74. The fourth-order valence-electron chi connectivity index (χ4n) is 1.32. The molecule has 2 aromatic carbocycles. The first-order valence-electron chi connectivity index (χ1n) is 4.09. The normalized spacial score (nSPS) is 10.5. The van der Waals surface area contributed by atoms with E-state index in [1.54, 1.807) is 7.11 Å². The van der Waals surface area contributed by atoms with Gasteiger partial charge in [-0.05, 0) is 22.9 Å². The number of rotatable bonds is 2. The SMILES string of the molecule is COSc1ccc2ccccc2c1.